The number of aryl methyl sites for hydroxylation is 1. The molecule has 0 aromatic carbocycles. The molecule has 0 unspecified atom stereocenters. The zero-order chi connectivity index (χ0) is 16.0. The molecule has 1 aromatic rings. The van der Waals surface area contributed by atoms with E-state index in [4.69, 9.17) is 0 Å². The summed E-state index contributed by atoms with van der Waals surface area (Å²) in [5, 5.41) is 5.47. The number of hydrogen-bond acceptors (Lipinski definition) is 5. The number of carbonyl (C=O) groups excluding carboxylic acids is 2. The molecule has 7 nitrogen and oxygen atoms in total. The molecule has 2 amide bonds. The molecule has 1 aliphatic rings. The molecule has 2 N–H and O–H groups in total. The van der Waals surface area contributed by atoms with E-state index in [1.807, 2.05) is 0 Å². The van der Waals surface area contributed by atoms with E-state index in [2.05, 4.69) is 32.3 Å². The Hall–Kier alpha value is -2.18. The van der Waals surface area contributed by atoms with Gasteiger partial charge in [0.05, 0.1) is 25.2 Å². The number of alkyl carbamates (subject to hydrolysis) is 1. The molecule has 2 rings (SSSR count). The normalized spacial score (nSPS) is 16.1. The molecule has 1 aromatic heterocycles. The Bertz CT molecular complexity index is 524. The van der Waals surface area contributed by atoms with E-state index in [-0.39, 0.29) is 5.91 Å². The highest BCUT2D eigenvalue weighted by Crippen LogP contribution is 2.31. The van der Waals surface area contributed by atoms with Crippen LogP contribution in [-0.2, 0) is 16.0 Å². The number of rotatable bonds is 5. The lowest BCUT2D eigenvalue weighted by Crippen LogP contribution is -2.55. The SMILES string of the molecule is CCCc1ncc(NC(=O)C2(NC(=O)OC)CCCC2)cn1. The maximum absolute atomic E-state index is 12.6. The van der Waals surface area contributed by atoms with Gasteiger partial charge in [0.1, 0.15) is 11.4 Å². The van der Waals surface area contributed by atoms with Gasteiger partial charge >= 0.3 is 6.09 Å². The Balaban J connectivity index is 2.06. The molecule has 1 saturated carbocycles. The van der Waals surface area contributed by atoms with E-state index in [1.165, 1.54) is 7.11 Å². The fraction of sp³-hybridized carbons (Fsp3) is 0.600. The number of anilines is 1. The summed E-state index contributed by atoms with van der Waals surface area (Å²) in [6.07, 6.45) is 7.36. The smallest absolute Gasteiger partial charge is 0.407 e. The molecule has 1 heterocycles. The summed E-state index contributed by atoms with van der Waals surface area (Å²) in [7, 11) is 1.29. The Kier molecular flexibility index (Phi) is 5.30. The average molecular weight is 306 g/mol. The van der Waals surface area contributed by atoms with Gasteiger partial charge in [0.2, 0.25) is 5.91 Å². The van der Waals surface area contributed by atoms with E-state index in [9.17, 15) is 9.59 Å². The number of amides is 2. The minimum atomic E-state index is -0.908. The van der Waals surface area contributed by atoms with Gasteiger partial charge in [0.25, 0.3) is 0 Å². The van der Waals surface area contributed by atoms with Crippen LogP contribution < -0.4 is 10.6 Å². The van der Waals surface area contributed by atoms with Gasteiger partial charge in [-0.2, -0.15) is 0 Å². The third-order valence-electron chi connectivity index (χ3n) is 3.86. The highest BCUT2D eigenvalue weighted by Gasteiger charge is 2.42. The third kappa shape index (κ3) is 3.72. The predicted octanol–water partition coefficient (Wildman–Crippen LogP) is 2.04. The van der Waals surface area contributed by atoms with Crippen molar-refractivity contribution in [2.24, 2.45) is 0 Å². The van der Waals surface area contributed by atoms with E-state index in [0.717, 1.165) is 31.5 Å². The van der Waals surface area contributed by atoms with Crippen LogP contribution in [0.25, 0.3) is 0 Å². The zero-order valence-corrected chi connectivity index (χ0v) is 13.0. The Morgan fingerprint density at radius 2 is 1.91 bits per heavy atom. The van der Waals surface area contributed by atoms with Crippen molar-refractivity contribution in [3.05, 3.63) is 18.2 Å². The fourth-order valence-electron chi connectivity index (χ4n) is 2.66. The van der Waals surface area contributed by atoms with Crippen LogP contribution in [0, 0.1) is 0 Å². The monoisotopic (exact) mass is 306 g/mol. The summed E-state index contributed by atoms with van der Waals surface area (Å²) in [5.41, 5.74) is -0.377. The fourth-order valence-corrected chi connectivity index (χ4v) is 2.66. The number of nitrogens with one attached hydrogen (secondary N) is 2. The Morgan fingerprint density at radius 3 is 2.45 bits per heavy atom. The van der Waals surface area contributed by atoms with Crippen molar-refractivity contribution in [3.63, 3.8) is 0 Å². The molecule has 0 aliphatic heterocycles. The zero-order valence-electron chi connectivity index (χ0n) is 13.0. The van der Waals surface area contributed by atoms with Gasteiger partial charge < -0.3 is 15.4 Å². The lowest BCUT2D eigenvalue weighted by molar-refractivity contribution is -0.122. The van der Waals surface area contributed by atoms with E-state index < -0.39 is 11.6 Å². The molecular weight excluding hydrogens is 284 g/mol. The summed E-state index contributed by atoms with van der Waals surface area (Å²) in [5.74, 6) is 0.506. The second-order valence-electron chi connectivity index (χ2n) is 5.50. The molecular formula is C15H22N4O3. The molecule has 7 heteroatoms. The second-order valence-corrected chi connectivity index (χ2v) is 5.50. The van der Waals surface area contributed by atoms with E-state index in [0.29, 0.717) is 18.5 Å². The predicted molar refractivity (Wildman–Crippen MR) is 81.4 cm³/mol. The molecule has 1 fully saturated rings. The van der Waals surface area contributed by atoms with Crippen LogP contribution >= 0.6 is 0 Å². The first-order valence-corrected chi connectivity index (χ1v) is 7.58. The van der Waals surface area contributed by atoms with Crippen molar-refractivity contribution in [3.8, 4) is 0 Å². The summed E-state index contributed by atoms with van der Waals surface area (Å²) >= 11 is 0. The summed E-state index contributed by atoms with van der Waals surface area (Å²) < 4.78 is 4.63. The maximum atomic E-state index is 12.6. The standard InChI is InChI=1S/C15H22N4O3/c1-3-6-12-16-9-11(10-17-12)18-13(20)15(7-4-5-8-15)19-14(21)22-2/h9-10H,3-8H2,1-2H3,(H,18,20)(H,19,21). The van der Waals surface area contributed by atoms with E-state index in [1.54, 1.807) is 12.4 Å². The van der Waals surface area contributed by atoms with E-state index >= 15 is 0 Å². The third-order valence-corrected chi connectivity index (χ3v) is 3.86. The van der Waals surface area contributed by atoms with Crippen molar-refractivity contribution in [1.82, 2.24) is 15.3 Å². The van der Waals surface area contributed by atoms with Crippen LogP contribution in [0.4, 0.5) is 10.5 Å². The van der Waals surface area contributed by atoms with Gasteiger partial charge in [0.15, 0.2) is 0 Å². The average Bonchev–Trinajstić information content (AvgIpc) is 2.99. The van der Waals surface area contributed by atoms with Crippen LogP contribution in [0.1, 0.15) is 44.9 Å². The van der Waals surface area contributed by atoms with Crippen molar-refractivity contribution >= 4 is 17.7 Å². The van der Waals surface area contributed by atoms with Crippen molar-refractivity contribution in [2.45, 2.75) is 51.0 Å². The Morgan fingerprint density at radius 1 is 1.27 bits per heavy atom. The molecule has 1 aliphatic carbocycles. The van der Waals surface area contributed by atoms with Gasteiger partial charge in [-0.3, -0.25) is 4.79 Å². The van der Waals surface area contributed by atoms with Crippen molar-refractivity contribution in [1.29, 1.82) is 0 Å². The first-order valence-electron chi connectivity index (χ1n) is 7.58. The number of nitrogens with zero attached hydrogens (tertiary/aromatic N) is 2. The molecule has 0 saturated heterocycles. The van der Waals surface area contributed by atoms with Gasteiger partial charge in [-0.15, -0.1) is 0 Å². The molecule has 0 bridgehead atoms. The number of carbonyl (C=O) groups is 2. The number of ether oxygens (including phenoxy) is 1. The van der Waals surface area contributed by atoms with Gasteiger partial charge in [-0.1, -0.05) is 19.8 Å². The minimum Gasteiger partial charge on any atom is -0.453 e. The first kappa shape index (κ1) is 16.2. The highest BCUT2D eigenvalue weighted by molar-refractivity contribution is 6.00. The quantitative estimate of drug-likeness (QED) is 0.868. The number of hydrogen-bond donors (Lipinski definition) is 2. The van der Waals surface area contributed by atoms with Crippen LogP contribution in [0.3, 0.4) is 0 Å². The lowest BCUT2D eigenvalue weighted by Gasteiger charge is -2.28. The summed E-state index contributed by atoms with van der Waals surface area (Å²) in [6.45, 7) is 2.06. The summed E-state index contributed by atoms with van der Waals surface area (Å²) in [6, 6.07) is 0. The second kappa shape index (κ2) is 7.20. The van der Waals surface area contributed by atoms with Crippen LogP contribution in [0.15, 0.2) is 12.4 Å². The molecule has 22 heavy (non-hydrogen) atoms. The lowest BCUT2D eigenvalue weighted by atomic mass is 9.96. The van der Waals surface area contributed by atoms with Gasteiger partial charge in [0, 0.05) is 6.42 Å². The molecule has 0 radical (unpaired) electrons. The van der Waals surface area contributed by atoms with Crippen LogP contribution in [-0.4, -0.2) is 34.6 Å². The number of aromatic nitrogens is 2. The molecule has 0 spiro atoms. The summed E-state index contributed by atoms with van der Waals surface area (Å²) in [4.78, 5) is 32.5. The largest absolute Gasteiger partial charge is 0.453 e. The maximum Gasteiger partial charge on any atom is 0.407 e. The Labute approximate surface area is 129 Å². The molecule has 120 valence electrons. The topological polar surface area (TPSA) is 93.2 Å². The van der Waals surface area contributed by atoms with Gasteiger partial charge in [-0.05, 0) is 19.3 Å². The molecule has 0 atom stereocenters. The van der Waals surface area contributed by atoms with Crippen LogP contribution in [0.5, 0.6) is 0 Å². The highest BCUT2D eigenvalue weighted by atomic mass is 16.5. The van der Waals surface area contributed by atoms with Crippen molar-refractivity contribution in [2.75, 3.05) is 12.4 Å². The number of methoxy groups -OCH3 is 1. The van der Waals surface area contributed by atoms with Gasteiger partial charge in [-0.25, -0.2) is 14.8 Å². The van der Waals surface area contributed by atoms with Crippen LogP contribution in [0.2, 0.25) is 0 Å². The first-order chi connectivity index (χ1) is 10.6. The van der Waals surface area contributed by atoms with Crippen molar-refractivity contribution < 1.29 is 14.3 Å². The minimum absolute atomic E-state index is 0.248.